The van der Waals surface area contributed by atoms with E-state index in [4.69, 9.17) is 4.74 Å². The normalized spacial score (nSPS) is 23.1. The Kier molecular flexibility index (Phi) is 4.93. The molecule has 4 nitrogen and oxygen atoms in total. The second-order valence-electron chi connectivity index (χ2n) is 4.67. The van der Waals surface area contributed by atoms with E-state index in [2.05, 4.69) is 17.4 Å². The summed E-state index contributed by atoms with van der Waals surface area (Å²) >= 11 is 0. The van der Waals surface area contributed by atoms with Gasteiger partial charge in [-0.2, -0.15) is 0 Å². The van der Waals surface area contributed by atoms with E-state index >= 15 is 0 Å². The van der Waals surface area contributed by atoms with Crippen LogP contribution in [-0.2, 0) is 9.53 Å². The molecule has 0 saturated carbocycles. The lowest BCUT2D eigenvalue weighted by Crippen LogP contribution is -2.33. The number of rotatable bonds is 6. The average Bonchev–Trinajstić information content (AvgIpc) is 2.77. The second kappa shape index (κ2) is 6.68. The molecule has 1 amide bonds. The van der Waals surface area contributed by atoms with Gasteiger partial charge in [0.05, 0.1) is 12.6 Å². The van der Waals surface area contributed by atoms with Gasteiger partial charge in [0.25, 0.3) is 0 Å². The van der Waals surface area contributed by atoms with Crippen LogP contribution in [0.3, 0.4) is 0 Å². The van der Waals surface area contributed by atoms with E-state index in [-0.39, 0.29) is 18.1 Å². The van der Waals surface area contributed by atoms with Gasteiger partial charge in [-0.25, -0.2) is 0 Å². The molecule has 1 heterocycles. The van der Waals surface area contributed by atoms with Crippen LogP contribution in [0.5, 0.6) is 0 Å². The van der Waals surface area contributed by atoms with Crippen molar-refractivity contribution >= 4 is 5.91 Å². The Morgan fingerprint density at radius 3 is 2.63 bits per heavy atom. The van der Waals surface area contributed by atoms with E-state index in [0.717, 1.165) is 12.0 Å². The van der Waals surface area contributed by atoms with E-state index in [1.807, 2.05) is 36.9 Å². The summed E-state index contributed by atoms with van der Waals surface area (Å²) in [5, 5.41) is 3.40. The molecule has 2 rings (SSSR count). The maximum absolute atomic E-state index is 12.3. The highest BCUT2D eigenvalue weighted by Crippen LogP contribution is 2.25. The van der Waals surface area contributed by atoms with Crippen LogP contribution in [-0.4, -0.2) is 36.6 Å². The molecule has 0 spiro atoms. The van der Waals surface area contributed by atoms with Crippen molar-refractivity contribution in [3.8, 4) is 0 Å². The molecule has 19 heavy (non-hydrogen) atoms. The van der Waals surface area contributed by atoms with E-state index in [1.54, 1.807) is 0 Å². The summed E-state index contributed by atoms with van der Waals surface area (Å²) in [4.78, 5) is 14.2. The molecular weight excluding hydrogens is 240 g/mol. The van der Waals surface area contributed by atoms with Gasteiger partial charge < -0.3 is 9.64 Å². The summed E-state index contributed by atoms with van der Waals surface area (Å²) < 4.78 is 5.38. The minimum atomic E-state index is -0.0770. The lowest BCUT2D eigenvalue weighted by atomic mass is 10.1. The summed E-state index contributed by atoms with van der Waals surface area (Å²) in [6, 6.07) is 10.0. The first-order valence-corrected chi connectivity index (χ1v) is 6.97. The lowest BCUT2D eigenvalue weighted by molar-refractivity contribution is -0.130. The molecule has 0 aliphatic carbocycles. The van der Waals surface area contributed by atoms with Crippen LogP contribution >= 0.6 is 0 Å². The predicted molar refractivity (Wildman–Crippen MR) is 74.6 cm³/mol. The number of nitrogens with zero attached hydrogens (tertiary/aromatic N) is 1. The minimum Gasteiger partial charge on any atom is -0.380 e. The van der Waals surface area contributed by atoms with Crippen LogP contribution in [0.4, 0.5) is 0 Å². The Bertz CT molecular complexity index is 408. The SMILES string of the molecule is CCOCCN1C(=O)C(CC)NC1c1ccccc1. The van der Waals surface area contributed by atoms with Gasteiger partial charge in [0.1, 0.15) is 6.17 Å². The Labute approximate surface area is 114 Å². The molecular formula is C15H22N2O2. The summed E-state index contributed by atoms with van der Waals surface area (Å²) in [6.07, 6.45) is 0.784. The van der Waals surface area contributed by atoms with Gasteiger partial charge in [-0.15, -0.1) is 0 Å². The summed E-state index contributed by atoms with van der Waals surface area (Å²) in [6.45, 7) is 5.90. The monoisotopic (exact) mass is 262 g/mol. The fraction of sp³-hybridized carbons (Fsp3) is 0.533. The highest BCUT2D eigenvalue weighted by molar-refractivity contribution is 5.84. The molecule has 4 heteroatoms. The van der Waals surface area contributed by atoms with Gasteiger partial charge in [0.15, 0.2) is 0 Å². The zero-order valence-electron chi connectivity index (χ0n) is 11.6. The molecule has 104 valence electrons. The van der Waals surface area contributed by atoms with Crippen molar-refractivity contribution in [2.45, 2.75) is 32.5 Å². The Morgan fingerprint density at radius 1 is 1.26 bits per heavy atom. The molecule has 1 N–H and O–H groups in total. The number of ether oxygens (including phenoxy) is 1. The molecule has 1 aromatic carbocycles. The average molecular weight is 262 g/mol. The van der Waals surface area contributed by atoms with Crippen LogP contribution < -0.4 is 5.32 Å². The molecule has 2 atom stereocenters. The smallest absolute Gasteiger partial charge is 0.241 e. The van der Waals surface area contributed by atoms with Crippen molar-refractivity contribution < 1.29 is 9.53 Å². The van der Waals surface area contributed by atoms with Gasteiger partial charge >= 0.3 is 0 Å². The number of hydrogen-bond acceptors (Lipinski definition) is 3. The van der Waals surface area contributed by atoms with Gasteiger partial charge in [0, 0.05) is 13.2 Å². The molecule has 1 aliphatic heterocycles. The first-order valence-electron chi connectivity index (χ1n) is 6.97. The molecule has 2 unspecified atom stereocenters. The maximum atomic E-state index is 12.3. The largest absolute Gasteiger partial charge is 0.380 e. The third kappa shape index (κ3) is 3.14. The third-order valence-corrected chi connectivity index (χ3v) is 3.46. The van der Waals surface area contributed by atoms with E-state index in [0.29, 0.717) is 19.8 Å². The number of nitrogens with one attached hydrogen (secondary N) is 1. The second-order valence-corrected chi connectivity index (χ2v) is 4.67. The number of carbonyl (C=O) groups excluding carboxylic acids is 1. The number of carbonyl (C=O) groups is 1. The number of hydrogen-bond donors (Lipinski definition) is 1. The Balaban J connectivity index is 2.12. The van der Waals surface area contributed by atoms with Crippen LogP contribution in [0.1, 0.15) is 32.0 Å². The fourth-order valence-electron chi connectivity index (χ4n) is 2.43. The van der Waals surface area contributed by atoms with E-state index in [1.165, 1.54) is 0 Å². The van der Waals surface area contributed by atoms with Crippen molar-refractivity contribution in [3.63, 3.8) is 0 Å². The predicted octanol–water partition coefficient (Wildman–Crippen LogP) is 1.93. The molecule has 1 fully saturated rings. The van der Waals surface area contributed by atoms with E-state index in [9.17, 15) is 4.79 Å². The first-order chi connectivity index (χ1) is 9.27. The quantitative estimate of drug-likeness (QED) is 0.797. The standard InChI is InChI=1S/C15H22N2O2/c1-3-13-15(18)17(10-11-19-4-2)14(16-13)12-8-6-5-7-9-12/h5-9,13-14,16H,3-4,10-11H2,1-2H3. The van der Waals surface area contributed by atoms with Crippen molar-refractivity contribution in [3.05, 3.63) is 35.9 Å². The van der Waals surface area contributed by atoms with Gasteiger partial charge in [0.2, 0.25) is 5.91 Å². The first kappa shape index (κ1) is 14.0. The lowest BCUT2D eigenvalue weighted by Gasteiger charge is -2.24. The van der Waals surface area contributed by atoms with Crippen LogP contribution in [0, 0.1) is 0 Å². The highest BCUT2D eigenvalue weighted by atomic mass is 16.5. The van der Waals surface area contributed by atoms with Gasteiger partial charge in [-0.3, -0.25) is 10.1 Å². The molecule has 0 bridgehead atoms. The number of amides is 1. The zero-order valence-corrected chi connectivity index (χ0v) is 11.6. The Morgan fingerprint density at radius 2 is 2.00 bits per heavy atom. The van der Waals surface area contributed by atoms with Crippen molar-refractivity contribution in [1.29, 1.82) is 0 Å². The van der Waals surface area contributed by atoms with Crippen molar-refractivity contribution in [2.75, 3.05) is 19.8 Å². The fourth-order valence-corrected chi connectivity index (χ4v) is 2.43. The Hall–Kier alpha value is -1.39. The van der Waals surface area contributed by atoms with Crippen molar-refractivity contribution in [2.24, 2.45) is 0 Å². The summed E-state index contributed by atoms with van der Waals surface area (Å²) in [5.41, 5.74) is 1.13. The van der Waals surface area contributed by atoms with Gasteiger partial charge in [-0.1, -0.05) is 37.3 Å². The maximum Gasteiger partial charge on any atom is 0.241 e. The molecule has 0 aromatic heterocycles. The molecule has 1 aliphatic rings. The molecule has 1 aromatic rings. The third-order valence-electron chi connectivity index (χ3n) is 3.46. The molecule has 0 radical (unpaired) electrons. The van der Waals surface area contributed by atoms with Gasteiger partial charge in [-0.05, 0) is 18.9 Å². The summed E-state index contributed by atoms with van der Waals surface area (Å²) in [7, 11) is 0. The highest BCUT2D eigenvalue weighted by Gasteiger charge is 2.37. The summed E-state index contributed by atoms with van der Waals surface area (Å²) in [5.74, 6) is 0.177. The van der Waals surface area contributed by atoms with Crippen molar-refractivity contribution in [1.82, 2.24) is 10.2 Å². The van der Waals surface area contributed by atoms with Crippen LogP contribution in [0.25, 0.3) is 0 Å². The minimum absolute atomic E-state index is 0.0286. The van der Waals surface area contributed by atoms with Crippen LogP contribution in [0.15, 0.2) is 30.3 Å². The topological polar surface area (TPSA) is 41.6 Å². The zero-order chi connectivity index (χ0) is 13.7. The number of benzene rings is 1. The van der Waals surface area contributed by atoms with Crippen LogP contribution in [0.2, 0.25) is 0 Å². The van der Waals surface area contributed by atoms with E-state index < -0.39 is 0 Å². The molecule has 1 saturated heterocycles.